The SMILES string of the molecule is Cn1c(-c2cccc(NC(=O)c3cn[nH]c3[C@H]3CCOC3)c2)nc2ccccc21. The summed E-state index contributed by atoms with van der Waals surface area (Å²) in [4.78, 5) is 17.6. The summed E-state index contributed by atoms with van der Waals surface area (Å²) in [5, 5.41) is 10.0. The molecule has 1 amide bonds. The number of carbonyl (C=O) groups is 1. The number of aromatic amines is 1. The maximum atomic E-state index is 12.9. The van der Waals surface area contributed by atoms with Gasteiger partial charge in [-0.2, -0.15) is 5.10 Å². The predicted octanol–water partition coefficient (Wildman–Crippen LogP) is 3.72. The highest BCUT2D eigenvalue weighted by Crippen LogP contribution is 2.28. The summed E-state index contributed by atoms with van der Waals surface area (Å²) in [6.45, 7) is 1.33. The van der Waals surface area contributed by atoms with Gasteiger partial charge in [-0.15, -0.1) is 0 Å². The lowest BCUT2D eigenvalue weighted by Gasteiger charge is -2.10. The van der Waals surface area contributed by atoms with E-state index in [4.69, 9.17) is 9.72 Å². The molecular weight excluding hydrogens is 366 g/mol. The third kappa shape index (κ3) is 3.19. The largest absolute Gasteiger partial charge is 0.381 e. The highest BCUT2D eigenvalue weighted by atomic mass is 16.5. The van der Waals surface area contributed by atoms with Gasteiger partial charge in [0.25, 0.3) is 5.91 Å². The topological polar surface area (TPSA) is 84.8 Å². The van der Waals surface area contributed by atoms with Crippen molar-refractivity contribution in [3.63, 3.8) is 0 Å². The van der Waals surface area contributed by atoms with Gasteiger partial charge in [0.05, 0.1) is 35.1 Å². The van der Waals surface area contributed by atoms with Gasteiger partial charge in [-0.25, -0.2) is 4.98 Å². The summed E-state index contributed by atoms with van der Waals surface area (Å²) in [5.41, 5.74) is 5.08. The van der Waals surface area contributed by atoms with Crippen LogP contribution in [0.1, 0.15) is 28.4 Å². The fourth-order valence-corrected chi connectivity index (χ4v) is 3.89. The monoisotopic (exact) mass is 387 g/mol. The van der Waals surface area contributed by atoms with Crippen LogP contribution in [0.15, 0.2) is 54.7 Å². The smallest absolute Gasteiger partial charge is 0.259 e. The number of anilines is 1. The minimum atomic E-state index is -0.178. The number of carbonyl (C=O) groups excluding carboxylic acids is 1. The fourth-order valence-electron chi connectivity index (χ4n) is 3.89. The van der Waals surface area contributed by atoms with E-state index in [0.717, 1.165) is 40.2 Å². The van der Waals surface area contributed by atoms with Crippen LogP contribution in [-0.4, -0.2) is 38.9 Å². The van der Waals surface area contributed by atoms with Gasteiger partial charge < -0.3 is 14.6 Å². The van der Waals surface area contributed by atoms with E-state index in [9.17, 15) is 4.79 Å². The molecule has 0 unspecified atom stereocenters. The first-order valence-electron chi connectivity index (χ1n) is 9.65. The van der Waals surface area contributed by atoms with Crippen LogP contribution in [-0.2, 0) is 11.8 Å². The van der Waals surface area contributed by atoms with E-state index >= 15 is 0 Å². The molecule has 7 nitrogen and oxygen atoms in total. The second-order valence-corrected chi connectivity index (χ2v) is 7.28. The second kappa shape index (κ2) is 7.18. The highest BCUT2D eigenvalue weighted by Gasteiger charge is 2.25. The lowest BCUT2D eigenvalue weighted by molar-refractivity contribution is 0.102. The van der Waals surface area contributed by atoms with Gasteiger partial charge in [0.1, 0.15) is 5.82 Å². The molecule has 2 aromatic carbocycles. The number of nitrogens with zero attached hydrogens (tertiary/aromatic N) is 3. The number of hydrogen-bond donors (Lipinski definition) is 2. The van der Waals surface area contributed by atoms with Crippen molar-refractivity contribution < 1.29 is 9.53 Å². The molecule has 29 heavy (non-hydrogen) atoms. The van der Waals surface area contributed by atoms with Crippen LogP contribution in [0.5, 0.6) is 0 Å². The normalized spacial score (nSPS) is 16.4. The van der Waals surface area contributed by atoms with Gasteiger partial charge in [0.15, 0.2) is 0 Å². The van der Waals surface area contributed by atoms with E-state index in [0.29, 0.717) is 18.8 Å². The van der Waals surface area contributed by atoms with Crippen molar-refractivity contribution in [2.24, 2.45) is 7.05 Å². The lowest BCUT2D eigenvalue weighted by Crippen LogP contribution is -2.15. The van der Waals surface area contributed by atoms with Crippen LogP contribution in [0.2, 0.25) is 0 Å². The quantitative estimate of drug-likeness (QED) is 0.559. The number of aromatic nitrogens is 4. The third-order valence-corrected chi connectivity index (χ3v) is 5.42. The number of hydrogen-bond acceptors (Lipinski definition) is 4. The summed E-state index contributed by atoms with van der Waals surface area (Å²) in [7, 11) is 2.00. The Morgan fingerprint density at radius 2 is 2.14 bits per heavy atom. The van der Waals surface area contributed by atoms with Gasteiger partial charge >= 0.3 is 0 Å². The van der Waals surface area contributed by atoms with Crippen molar-refractivity contribution >= 4 is 22.6 Å². The lowest BCUT2D eigenvalue weighted by atomic mass is 10.0. The van der Waals surface area contributed by atoms with Gasteiger partial charge in [-0.05, 0) is 30.7 Å². The number of imidazole rings is 1. The highest BCUT2D eigenvalue weighted by molar-refractivity contribution is 6.05. The summed E-state index contributed by atoms with van der Waals surface area (Å²) in [5.74, 6) is 0.863. The second-order valence-electron chi connectivity index (χ2n) is 7.28. The van der Waals surface area contributed by atoms with Crippen molar-refractivity contribution in [3.05, 3.63) is 66.0 Å². The molecule has 7 heteroatoms. The van der Waals surface area contributed by atoms with Crippen LogP contribution in [0.4, 0.5) is 5.69 Å². The van der Waals surface area contributed by atoms with Crippen LogP contribution < -0.4 is 5.32 Å². The molecule has 1 saturated heterocycles. The summed E-state index contributed by atoms with van der Waals surface area (Å²) in [6.07, 6.45) is 2.48. The molecule has 5 rings (SSSR count). The first-order chi connectivity index (χ1) is 14.2. The Labute approximate surface area is 167 Å². The average molecular weight is 387 g/mol. The van der Waals surface area contributed by atoms with Gasteiger partial charge in [-0.3, -0.25) is 9.89 Å². The molecule has 2 aromatic heterocycles. The number of para-hydroxylation sites is 2. The molecule has 0 bridgehead atoms. The zero-order chi connectivity index (χ0) is 19.8. The van der Waals surface area contributed by atoms with E-state index in [2.05, 4.69) is 20.1 Å². The van der Waals surface area contributed by atoms with Crippen molar-refractivity contribution in [2.45, 2.75) is 12.3 Å². The minimum Gasteiger partial charge on any atom is -0.381 e. The minimum absolute atomic E-state index is 0.178. The Morgan fingerprint density at radius 3 is 2.97 bits per heavy atom. The molecule has 1 fully saturated rings. The number of ether oxygens (including phenoxy) is 1. The molecule has 1 aliphatic heterocycles. The molecule has 0 aliphatic carbocycles. The molecule has 1 atom stereocenters. The molecule has 2 N–H and O–H groups in total. The zero-order valence-electron chi connectivity index (χ0n) is 16.1. The molecule has 3 heterocycles. The molecule has 0 radical (unpaired) electrons. The molecule has 4 aromatic rings. The summed E-state index contributed by atoms with van der Waals surface area (Å²) in [6, 6.07) is 15.8. The molecule has 1 aliphatic rings. The number of H-pyrrole nitrogens is 1. The summed E-state index contributed by atoms with van der Waals surface area (Å²) < 4.78 is 7.51. The first kappa shape index (κ1) is 17.6. The van der Waals surface area contributed by atoms with Crippen molar-refractivity contribution in [1.82, 2.24) is 19.7 Å². The molecule has 0 spiro atoms. The molecular formula is C22H21N5O2. The first-order valence-corrected chi connectivity index (χ1v) is 9.65. The van der Waals surface area contributed by atoms with Gasteiger partial charge in [-0.1, -0.05) is 24.3 Å². The number of rotatable bonds is 4. The number of nitrogens with one attached hydrogen (secondary N) is 2. The Balaban J connectivity index is 1.42. The van der Waals surface area contributed by atoms with E-state index in [-0.39, 0.29) is 11.8 Å². The Hall–Kier alpha value is -3.45. The van der Waals surface area contributed by atoms with E-state index < -0.39 is 0 Å². The molecule has 146 valence electrons. The number of amides is 1. The standard InChI is InChI=1S/C22H21N5O2/c1-27-19-8-3-2-7-18(19)25-21(27)14-5-4-6-16(11-14)24-22(28)17-12-23-26-20(17)15-9-10-29-13-15/h2-8,11-12,15H,9-10,13H2,1H3,(H,23,26)(H,24,28)/t15-/m0/s1. The van der Waals surface area contributed by atoms with Crippen LogP contribution >= 0.6 is 0 Å². The van der Waals surface area contributed by atoms with Gasteiger partial charge in [0, 0.05) is 30.8 Å². The predicted molar refractivity (Wildman–Crippen MR) is 111 cm³/mol. The van der Waals surface area contributed by atoms with Crippen molar-refractivity contribution in [1.29, 1.82) is 0 Å². The zero-order valence-corrected chi connectivity index (χ0v) is 16.1. The van der Waals surface area contributed by atoms with Crippen LogP contribution in [0, 0.1) is 0 Å². The van der Waals surface area contributed by atoms with E-state index in [1.54, 1.807) is 6.20 Å². The van der Waals surface area contributed by atoms with Crippen molar-refractivity contribution in [3.8, 4) is 11.4 Å². The van der Waals surface area contributed by atoms with Gasteiger partial charge in [0.2, 0.25) is 0 Å². The Bertz CT molecular complexity index is 1190. The average Bonchev–Trinajstić information content (AvgIpc) is 3.48. The van der Waals surface area contributed by atoms with E-state index in [1.807, 2.05) is 55.6 Å². The Kier molecular flexibility index (Phi) is 4.37. The summed E-state index contributed by atoms with van der Waals surface area (Å²) >= 11 is 0. The Morgan fingerprint density at radius 1 is 1.24 bits per heavy atom. The fraction of sp³-hybridized carbons (Fsp3) is 0.227. The maximum absolute atomic E-state index is 12.9. The third-order valence-electron chi connectivity index (χ3n) is 5.42. The van der Waals surface area contributed by atoms with E-state index in [1.165, 1.54) is 0 Å². The number of fused-ring (bicyclic) bond motifs is 1. The molecule has 0 saturated carbocycles. The number of aryl methyl sites for hydroxylation is 1. The van der Waals surface area contributed by atoms with Crippen LogP contribution in [0.3, 0.4) is 0 Å². The number of benzene rings is 2. The van der Waals surface area contributed by atoms with Crippen molar-refractivity contribution in [2.75, 3.05) is 18.5 Å². The maximum Gasteiger partial charge on any atom is 0.259 e. The van der Waals surface area contributed by atoms with Crippen LogP contribution in [0.25, 0.3) is 22.4 Å².